The van der Waals surface area contributed by atoms with Gasteiger partial charge in [0.2, 0.25) is 0 Å². The van der Waals surface area contributed by atoms with Gasteiger partial charge in [0.15, 0.2) is 0 Å². The Bertz CT molecular complexity index is 1010. The van der Waals surface area contributed by atoms with E-state index in [-0.39, 0.29) is 5.41 Å². The van der Waals surface area contributed by atoms with Crippen LogP contribution in [0.1, 0.15) is 126 Å². The number of hydrogen-bond acceptors (Lipinski definition) is 2. The maximum atomic E-state index is 5.33. The highest BCUT2D eigenvalue weighted by atomic mass is 14.8. The fourth-order valence-electron chi connectivity index (χ4n) is 8.17. The first-order valence-corrected chi connectivity index (χ1v) is 12.5. The van der Waals surface area contributed by atoms with Gasteiger partial charge in [-0.3, -0.25) is 9.97 Å². The van der Waals surface area contributed by atoms with Gasteiger partial charge in [0.1, 0.15) is 0 Å². The van der Waals surface area contributed by atoms with Gasteiger partial charge in [-0.25, -0.2) is 0 Å². The summed E-state index contributed by atoms with van der Waals surface area (Å²) in [6, 6.07) is 9.39. The first kappa shape index (κ1) is 19.9. The van der Waals surface area contributed by atoms with Crippen molar-refractivity contribution in [1.82, 2.24) is 9.97 Å². The molecule has 2 nitrogen and oxygen atoms in total. The Hall–Kier alpha value is -1.70. The van der Waals surface area contributed by atoms with Crippen molar-refractivity contribution in [2.45, 2.75) is 97.3 Å². The average molecular weight is 415 g/mol. The smallest absolute Gasteiger partial charge is 0.0523 e. The number of hydrogen-bond donors (Lipinski definition) is 0. The summed E-state index contributed by atoms with van der Waals surface area (Å²) < 4.78 is 0. The van der Waals surface area contributed by atoms with Crippen molar-refractivity contribution in [3.63, 3.8) is 0 Å². The van der Waals surface area contributed by atoms with Crippen LogP contribution in [-0.4, -0.2) is 9.97 Å². The number of nitrogens with zero attached hydrogens (tertiary/aromatic N) is 2. The second-order valence-electron chi connectivity index (χ2n) is 13.0. The summed E-state index contributed by atoms with van der Waals surface area (Å²) >= 11 is 0. The minimum absolute atomic E-state index is 0.183. The predicted molar refractivity (Wildman–Crippen MR) is 127 cm³/mol. The van der Waals surface area contributed by atoms with Crippen LogP contribution in [0.4, 0.5) is 0 Å². The van der Waals surface area contributed by atoms with Crippen LogP contribution in [0.2, 0.25) is 0 Å². The van der Waals surface area contributed by atoms with Crippen LogP contribution in [0.5, 0.6) is 0 Å². The zero-order chi connectivity index (χ0) is 22.1. The molecule has 0 amide bonds. The van der Waals surface area contributed by atoms with Crippen molar-refractivity contribution in [1.29, 1.82) is 0 Å². The lowest BCUT2D eigenvalue weighted by atomic mass is 9.45. The van der Waals surface area contributed by atoms with Gasteiger partial charge in [-0.05, 0) is 84.5 Å². The van der Waals surface area contributed by atoms with Gasteiger partial charge in [0, 0.05) is 28.6 Å². The molecule has 2 aromatic heterocycles. The minimum Gasteiger partial charge on any atom is -0.256 e. The largest absolute Gasteiger partial charge is 0.256 e. The van der Waals surface area contributed by atoms with Crippen LogP contribution in [0, 0.1) is 22.7 Å². The van der Waals surface area contributed by atoms with E-state index in [1.54, 1.807) is 0 Å². The summed E-state index contributed by atoms with van der Waals surface area (Å²) in [5, 5.41) is 0. The average Bonchev–Trinajstić information content (AvgIpc) is 2.72. The van der Waals surface area contributed by atoms with Crippen LogP contribution < -0.4 is 0 Å². The molecule has 4 bridgehead atoms. The third kappa shape index (κ3) is 2.30. The van der Waals surface area contributed by atoms with Gasteiger partial charge in [-0.1, -0.05) is 53.7 Å². The molecule has 6 atom stereocenters. The first-order chi connectivity index (χ1) is 14.5. The van der Waals surface area contributed by atoms with E-state index in [0.717, 1.165) is 11.8 Å². The highest BCUT2D eigenvalue weighted by molar-refractivity contribution is 5.44. The Morgan fingerprint density at radius 3 is 1.45 bits per heavy atom. The lowest BCUT2D eigenvalue weighted by Gasteiger charge is -2.59. The Morgan fingerprint density at radius 2 is 1.10 bits per heavy atom. The summed E-state index contributed by atoms with van der Waals surface area (Å²) in [5.41, 5.74) is 8.77. The molecule has 0 saturated heterocycles. The topological polar surface area (TPSA) is 25.8 Å². The van der Waals surface area contributed by atoms with E-state index in [1.165, 1.54) is 46.7 Å². The van der Waals surface area contributed by atoms with Crippen molar-refractivity contribution in [2.24, 2.45) is 22.7 Å². The zero-order valence-electron chi connectivity index (χ0n) is 20.6. The second kappa shape index (κ2) is 5.80. The van der Waals surface area contributed by atoms with Crippen molar-refractivity contribution < 1.29 is 0 Å². The molecule has 2 heterocycles. The van der Waals surface area contributed by atoms with E-state index in [1.807, 2.05) is 0 Å². The fraction of sp³-hybridized carbons (Fsp3) is 0.655. The first-order valence-electron chi connectivity index (χ1n) is 12.5. The summed E-state index contributed by atoms with van der Waals surface area (Å²) in [6.45, 7) is 19.2. The molecule has 0 radical (unpaired) electrons. The predicted octanol–water partition coefficient (Wildman–Crippen LogP) is 7.30. The molecule has 31 heavy (non-hydrogen) atoms. The molecule has 0 N–H and O–H groups in total. The SMILES string of the molecule is C[C@@H]1c2nc(C(C)(C)c3ccc4c(n3)[C@@H](C)[C@H]3C[C@@H]4C3(C)C)ccc2[C@@H]2C[C@H]1C2(C)C. The van der Waals surface area contributed by atoms with E-state index >= 15 is 0 Å². The minimum atomic E-state index is -0.183. The maximum absolute atomic E-state index is 5.33. The summed E-state index contributed by atoms with van der Waals surface area (Å²) in [5.74, 6) is 4.02. The van der Waals surface area contributed by atoms with Crippen molar-refractivity contribution in [2.75, 3.05) is 0 Å². The van der Waals surface area contributed by atoms with Crippen LogP contribution in [-0.2, 0) is 5.41 Å². The van der Waals surface area contributed by atoms with Crippen LogP contribution in [0.15, 0.2) is 24.3 Å². The van der Waals surface area contributed by atoms with Crippen molar-refractivity contribution in [3.8, 4) is 0 Å². The molecule has 0 aromatic carbocycles. The molecule has 2 saturated carbocycles. The van der Waals surface area contributed by atoms with E-state index in [9.17, 15) is 0 Å². The number of aromatic nitrogens is 2. The van der Waals surface area contributed by atoms with Crippen molar-refractivity contribution >= 4 is 0 Å². The Kier molecular flexibility index (Phi) is 3.73. The third-order valence-electron chi connectivity index (χ3n) is 10.7. The molecule has 0 aliphatic heterocycles. The lowest BCUT2D eigenvalue weighted by molar-refractivity contribution is -0.00309. The van der Waals surface area contributed by atoms with Gasteiger partial charge in [0.25, 0.3) is 0 Å². The monoisotopic (exact) mass is 414 g/mol. The Balaban J connectivity index is 1.39. The molecular formula is C29H38N2. The molecule has 6 aliphatic carbocycles. The standard InChI is InChI=1S/C29H38N2/c1-15-19-13-21(27(19,3)4)17-9-11-23(30-25(15)17)29(7,8)24-12-10-18-22-14-20(28(22,5)6)16(2)26(18)31-24/h9-12,15-16,19-22H,13-14H2,1-8H3/t15-,16-,19+,20+,21-,22-/m0/s1. The van der Waals surface area contributed by atoms with Crippen LogP contribution in [0.25, 0.3) is 0 Å². The second-order valence-corrected chi connectivity index (χ2v) is 13.0. The summed E-state index contributed by atoms with van der Waals surface area (Å²) in [4.78, 5) is 10.7. The normalized spacial score (nSPS) is 36.0. The summed E-state index contributed by atoms with van der Waals surface area (Å²) in [6.07, 6.45) is 2.68. The van der Waals surface area contributed by atoms with E-state index in [2.05, 4.69) is 79.7 Å². The maximum Gasteiger partial charge on any atom is 0.0523 e. The van der Waals surface area contributed by atoms with E-state index in [0.29, 0.717) is 34.5 Å². The van der Waals surface area contributed by atoms with Gasteiger partial charge in [-0.2, -0.15) is 0 Å². The molecule has 0 spiro atoms. The van der Waals surface area contributed by atoms with Gasteiger partial charge >= 0.3 is 0 Å². The van der Waals surface area contributed by atoms with Gasteiger partial charge in [-0.15, -0.1) is 0 Å². The summed E-state index contributed by atoms with van der Waals surface area (Å²) in [7, 11) is 0. The molecule has 6 aliphatic rings. The van der Waals surface area contributed by atoms with Gasteiger partial charge < -0.3 is 0 Å². The third-order valence-corrected chi connectivity index (χ3v) is 10.7. The highest BCUT2D eigenvalue weighted by Crippen LogP contribution is 2.67. The van der Waals surface area contributed by atoms with E-state index in [4.69, 9.17) is 9.97 Å². The zero-order valence-corrected chi connectivity index (χ0v) is 20.6. The molecule has 0 unspecified atom stereocenters. The highest BCUT2D eigenvalue weighted by Gasteiger charge is 2.57. The molecule has 2 fully saturated rings. The number of pyridine rings is 2. The van der Waals surface area contributed by atoms with Crippen LogP contribution >= 0.6 is 0 Å². The van der Waals surface area contributed by atoms with Crippen molar-refractivity contribution in [3.05, 3.63) is 58.2 Å². The molecular weight excluding hydrogens is 376 g/mol. The van der Waals surface area contributed by atoms with Crippen LogP contribution in [0.3, 0.4) is 0 Å². The fourth-order valence-corrected chi connectivity index (χ4v) is 8.17. The molecule has 2 aromatic rings. The van der Waals surface area contributed by atoms with E-state index < -0.39 is 0 Å². The Labute approximate surface area is 188 Å². The number of rotatable bonds is 2. The molecule has 164 valence electrons. The molecule has 2 heteroatoms. The molecule has 8 rings (SSSR count). The van der Waals surface area contributed by atoms with Gasteiger partial charge in [0.05, 0.1) is 11.4 Å². The quantitative estimate of drug-likeness (QED) is 0.515. The Morgan fingerprint density at radius 1 is 0.710 bits per heavy atom. The lowest BCUT2D eigenvalue weighted by Crippen LogP contribution is -2.50.